The number of hydrogen-bond acceptors (Lipinski definition) is 2. The van der Waals surface area contributed by atoms with Gasteiger partial charge in [0, 0.05) is 13.1 Å². The minimum absolute atomic E-state index is 0.264. The topological polar surface area (TPSA) is 46.3 Å². The van der Waals surface area contributed by atoms with E-state index in [1.807, 2.05) is 6.92 Å². The van der Waals surface area contributed by atoms with Gasteiger partial charge in [0.2, 0.25) is 5.91 Å². The van der Waals surface area contributed by atoms with E-state index in [2.05, 4.69) is 0 Å². The molecule has 1 fully saturated rings. The first-order valence-electron chi connectivity index (χ1n) is 2.75. The molecule has 52 valence electrons. The van der Waals surface area contributed by atoms with Crippen LogP contribution in [0.5, 0.6) is 0 Å². The summed E-state index contributed by atoms with van der Waals surface area (Å²) in [5, 5.41) is 0. The Labute approximate surface area is 58.9 Å². The highest BCUT2D eigenvalue weighted by Gasteiger charge is 2.43. The molecule has 1 aliphatic rings. The summed E-state index contributed by atoms with van der Waals surface area (Å²) in [5.41, 5.74) is 4.70. The third-order valence-electron chi connectivity index (χ3n) is 1.64. The quantitative estimate of drug-likeness (QED) is 0.530. The van der Waals surface area contributed by atoms with E-state index in [1.54, 1.807) is 4.42 Å². The first kappa shape index (κ1) is 6.83. The summed E-state index contributed by atoms with van der Waals surface area (Å²) in [6.45, 7) is 2.96. The molecule has 1 heterocycles. The Balaban J connectivity index is 2.50. The number of carbonyl (C=O) groups is 1. The molecule has 0 spiro atoms. The number of nitrogens with two attached hydrogens (primary N) is 1. The summed E-state index contributed by atoms with van der Waals surface area (Å²) < 4.78 is 1.55. The van der Waals surface area contributed by atoms with Gasteiger partial charge in [-0.1, -0.05) is 0 Å². The van der Waals surface area contributed by atoms with Crippen molar-refractivity contribution < 1.29 is 4.79 Å². The summed E-state index contributed by atoms with van der Waals surface area (Å²) in [6, 6.07) is 0. The van der Waals surface area contributed by atoms with Crippen molar-refractivity contribution in [2.75, 3.05) is 13.1 Å². The highest BCUT2D eigenvalue weighted by atomic mass is 35.5. The van der Waals surface area contributed by atoms with Crippen molar-refractivity contribution in [1.29, 1.82) is 0 Å². The van der Waals surface area contributed by atoms with Crippen molar-refractivity contribution in [1.82, 2.24) is 4.42 Å². The van der Waals surface area contributed by atoms with Crippen LogP contribution in [0.15, 0.2) is 0 Å². The van der Waals surface area contributed by atoms with Crippen molar-refractivity contribution in [2.45, 2.75) is 6.92 Å². The summed E-state index contributed by atoms with van der Waals surface area (Å²) in [7, 11) is 0. The Morgan fingerprint density at radius 3 is 2.33 bits per heavy atom. The zero-order chi connectivity index (χ0) is 7.07. The zero-order valence-electron chi connectivity index (χ0n) is 5.22. The van der Waals surface area contributed by atoms with Gasteiger partial charge in [-0.15, -0.1) is 0 Å². The second kappa shape index (κ2) is 1.85. The van der Waals surface area contributed by atoms with Crippen LogP contribution in [-0.4, -0.2) is 23.4 Å². The SMILES string of the molecule is CC1(C(N)=O)CN(Cl)C1. The lowest BCUT2D eigenvalue weighted by Gasteiger charge is -2.41. The number of carbonyl (C=O) groups excluding carboxylic acids is 1. The molecule has 0 bridgehead atoms. The third-order valence-corrected chi connectivity index (χ3v) is 1.87. The summed E-state index contributed by atoms with van der Waals surface area (Å²) >= 11 is 5.50. The molecule has 1 rings (SSSR count). The van der Waals surface area contributed by atoms with Gasteiger partial charge < -0.3 is 5.73 Å². The summed E-state index contributed by atoms with van der Waals surface area (Å²) in [6.07, 6.45) is 0. The average Bonchev–Trinajstić information content (AvgIpc) is 1.62. The van der Waals surface area contributed by atoms with Crippen LogP contribution in [0, 0.1) is 5.41 Å². The van der Waals surface area contributed by atoms with Crippen LogP contribution in [-0.2, 0) is 4.79 Å². The molecule has 0 saturated carbocycles. The lowest BCUT2D eigenvalue weighted by Crippen LogP contribution is -2.57. The molecule has 1 amide bonds. The Hall–Kier alpha value is -0.280. The fourth-order valence-corrected chi connectivity index (χ4v) is 1.39. The zero-order valence-corrected chi connectivity index (χ0v) is 5.98. The van der Waals surface area contributed by atoms with Crippen LogP contribution in [0.3, 0.4) is 0 Å². The fraction of sp³-hybridized carbons (Fsp3) is 0.800. The van der Waals surface area contributed by atoms with Crippen molar-refractivity contribution in [3.63, 3.8) is 0 Å². The fourth-order valence-electron chi connectivity index (χ4n) is 0.867. The maximum atomic E-state index is 10.6. The van der Waals surface area contributed by atoms with Crippen LogP contribution in [0.4, 0.5) is 0 Å². The number of halogens is 1. The highest BCUT2D eigenvalue weighted by Crippen LogP contribution is 2.30. The first-order valence-corrected chi connectivity index (χ1v) is 3.09. The molecule has 1 aliphatic heterocycles. The minimum atomic E-state index is -0.373. The van der Waals surface area contributed by atoms with E-state index in [4.69, 9.17) is 17.5 Å². The first-order chi connectivity index (χ1) is 4.04. The molecule has 1 saturated heterocycles. The smallest absolute Gasteiger partial charge is 0.226 e. The second-order valence-electron chi connectivity index (χ2n) is 2.70. The maximum absolute atomic E-state index is 10.6. The molecule has 0 unspecified atom stereocenters. The van der Waals surface area contributed by atoms with E-state index in [9.17, 15) is 4.79 Å². The molecule has 3 nitrogen and oxygen atoms in total. The molecule has 4 heteroatoms. The van der Waals surface area contributed by atoms with Crippen LogP contribution < -0.4 is 5.73 Å². The molecular weight excluding hydrogens is 140 g/mol. The number of rotatable bonds is 1. The molecule has 0 aromatic rings. The number of nitrogens with zero attached hydrogens (tertiary/aromatic N) is 1. The molecule has 9 heavy (non-hydrogen) atoms. The molecular formula is C5H9ClN2O. The van der Waals surface area contributed by atoms with E-state index in [-0.39, 0.29) is 11.3 Å². The number of amides is 1. The van der Waals surface area contributed by atoms with Crippen LogP contribution in [0.2, 0.25) is 0 Å². The third kappa shape index (κ3) is 1.02. The normalized spacial score (nSPS) is 25.1. The monoisotopic (exact) mass is 148 g/mol. The molecule has 2 N–H and O–H groups in total. The Morgan fingerprint density at radius 2 is 2.22 bits per heavy atom. The Morgan fingerprint density at radius 1 is 1.78 bits per heavy atom. The molecule has 0 atom stereocenters. The van der Waals surface area contributed by atoms with Crippen LogP contribution in [0.1, 0.15) is 6.92 Å². The largest absolute Gasteiger partial charge is 0.369 e. The molecule has 0 aromatic carbocycles. The lowest BCUT2D eigenvalue weighted by molar-refractivity contribution is -0.132. The predicted molar refractivity (Wildman–Crippen MR) is 34.7 cm³/mol. The van der Waals surface area contributed by atoms with Crippen molar-refractivity contribution in [3.8, 4) is 0 Å². The second-order valence-corrected chi connectivity index (χ2v) is 3.18. The van der Waals surface area contributed by atoms with Gasteiger partial charge in [0.05, 0.1) is 5.41 Å². The van der Waals surface area contributed by atoms with Gasteiger partial charge >= 0.3 is 0 Å². The van der Waals surface area contributed by atoms with Gasteiger partial charge in [-0.05, 0) is 18.7 Å². The van der Waals surface area contributed by atoms with E-state index in [1.165, 1.54) is 0 Å². The van der Waals surface area contributed by atoms with Gasteiger partial charge in [-0.3, -0.25) is 4.79 Å². The number of hydrogen-bond donors (Lipinski definition) is 1. The summed E-state index contributed by atoms with van der Waals surface area (Å²) in [4.78, 5) is 10.6. The maximum Gasteiger partial charge on any atom is 0.226 e. The van der Waals surface area contributed by atoms with E-state index in [0.717, 1.165) is 0 Å². The van der Waals surface area contributed by atoms with Gasteiger partial charge in [-0.25, -0.2) is 4.42 Å². The van der Waals surface area contributed by atoms with Gasteiger partial charge in [0.1, 0.15) is 0 Å². The lowest BCUT2D eigenvalue weighted by atomic mass is 9.83. The molecule has 0 aliphatic carbocycles. The van der Waals surface area contributed by atoms with E-state index in [0.29, 0.717) is 13.1 Å². The van der Waals surface area contributed by atoms with Gasteiger partial charge in [-0.2, -0.15) is 0 Å². The van der Waals surface area contributed by atoms with E-state index < -0.39 is 0 Å². The average molecular weight is 149 g/mol. The standard InChI is InChI=1S/C5H9ClN2O/c1-5(4(7)9)2-8(6)3-5/h2-3H2,1H3,(H2,7,9). The summed E-state index contributed by atoms with van der Waals surface area (Å²) in [5.74, 6) is -0.264. The van der Waals surface area contributed by atoms with Crippen LogP contribution in [0.25, 0.3) is 0 Å². The molecule has 0 radical (unpaired) electrons. The highest BCUT2D eigenvalue weighted by molar-refractivity contribution is 6.14. The molecule has 0 aromatic heterocycles. The van der Waals surface area contributed by atoms with Crippen molar-refractivity contribution >= 4 is 17.7 Å². The van der Waals surface area contributed by atoms with Gasteiger partial charge in [0.15, 0.2) is 0 Å². The number of primary amides is 1. The van der Waals surface area contributed by atoms with Crippen molar-refractivity contribution in [2.24, 2.45) is 11.1 Å². The Bertz CT molecular complexity index is 142. The minimum Gasteiger partial charge on any atom is -0.369 e. The predicted octanol–water partition coefficient (Wildman–Crippen LogP) is -0.0526. The van der Waals surface area contributed by atoms with Crippen molar-refractivity contribution in [3.05, 3.63) is 0 Å². The Kier molecular flexibility index (Phi) is 1.41. The van der Waals surface area contributed by atoms with Gasteiger partial charge in [0.25, 0.3) is 0 Å². The van der Waals surface area contributed by atoms with E-state index >= 15 is 0 Å². The van der Waals surface area contributed by atoms with Crippen LogP contribution >= 0.6 is 11.8 Å².